The Kier molecular flexibility index (Phi) is 7.95. The van der Waals surface area contributed by atoms with Crippen molar-refractivity contribution in [2.75, 3.05) is 0 Å². The molecule has 1 nitrogen and oxygen atoms in total. The van der Waals surface area contributed by atoms with Gasteiger partial charge in [0.1, 0.15) is 5.82 Å². The molecular formula is C27H26F6O. The van der Waals surface area contributed by atoms with E-state index < -0.39 is 29.6 Å². The Morgan fingerprint density at radius 3 is 2.09 bits per heavy atom. The van der Waals surface area contributed by atoms with E-state index in [-0.39, 0.29) is 11.1 Å². The molecule has 2 aromatic carbocycles. The van der Waals surface area contributed by atoms with E-state index in [1.807, 2.05) is 19.1 Å². The Bertz CT molecular complexity index is 1080. The predicted molar refractivity (Wildman–Crippen MR) is 121 cm³/mol. The Balaban J connectivity index is 1.78. The highest BCUT2D eigenvalue weighted by Crippen LogP contribution is 2.35. The van der Waals surface area contributed by atoms with Gasteiger partial charge in [-0.1, -0.05) is 56.7 Å². The molecule has 1 aliphatic rings. The van der Waals surface area contributed by atoms with Gasteiger partial charge in [-0.3, -0.25) is 0 Å². The SMILES string of the molecule is C=C(/C=C\C(=C/C)C1CCC(C)CC1)c1ccc(-c2cc(F)c(OC(F)(F)F)c(F)c2)c(F)c1. The lowest BCUT2D eigenvalue weighted by Gasteiger charge is -2.27. The highest BCUT2D eigenvalue weighted by atomic mass is 19.4. The number of benzene rings is 2. The van der Waals surface area contributed by atoms with Crippen LogP contribution in [0.4, 0.5) is 26.3 Å². The van der Waals surface area contributed by atoms with E-state index >= 15 is 0 Å². The molecular weight excluding hydrogens is 454 g/mol. The number of halogens is 6. The summed E-state index contributed by atoms with van der Waals surface area (Å²) in [4.78, 5) is 0. The number of allylic oxidation sites excluding steroid dienone is 5. The van der Waals surface area contributed by atoms with Gasteiger partial charge < -0.3 is 4.74 Å². The average molecular weight is 480 g/mol. The van der Waals surface area contributed by atoms with Gasteiger partial charge in [0.15, 0.2) is 11.6 Å². The van der Waals surface area contributed by atoms with Crippen molar-refractivity contribution in [1.29, 1.82) is 0 Å². The summed E-state index contributed by atoms with van der Waals surface area (Å²) < 4.78 is 83.2. The number of hydrogen-bond donors (Lipinski definition) is 0. The van der Waals surface area contributed by atoms with Crippen LogP contribution in [0.3, 0.4) is 0 Å². The van der Waals surface area contributed by atoms with Gasteiger partial charge in [0.2, 0.25) is 5.75 Å². The second-order valence-corrected chi connectivity index (χ2v) is 8.62. The van der Waals surface area contributed by atoms with E-state index in [2.05, 4.69) is 24.3 Å². The van der Waals surface area contributed by atoms with Crippen molar-refractivity contribution in [2.45, 2.75) is 45.9 Å². The van der Waals surface area contributed by atoms with Crippen molar-refractivity contribution < 1.29 is 31.1 Å². The molecule has 182 valence electrons. The monoisotopic (exact) mass is 480 g/mol. The highest BCUT2D eigenvalue weighted by Gasteiger charge is 2.34. The van der Waals surface area contributed by atoms with Crippen LogP contribution in [0.15, 0.2) is 60.7 Å². The zero-order chi connectivity index (χ0) is 25.0. The lowest BCUT2D eigenvalue weighted by atomic mass is 9.79. The van der Waals surface area contributed by atoms with Crippen molar-refractivity contribution in [1.82, 2.24) is 0 Å². The van der Waals surface area contributed by atoms with Gasteiger partial charge in [0.25, 0.3) is 0 Å². The van der Waals surface area contributed by atoms with Crippen LogP contribution in [0.2, 0.25) is 0 Å². The highest BCUT2D eigenvalue weighted by molar-refractivity contribution is 5.75. The van der Waals surface area contributed by atoms with Crippen LogP contribution in [0.25, 0.3) is 16.7 Å². The molecule has 0 radical (unpaired) electrons. The summed E-state index contributed by atoms with van der Waals surface area (Å²) in [5.41, 5.74) is 1.82. The Morgan fingerprint density at radius 1 is 0.941 bits per heavy atom. The minimum absolute atomic E-state index is 0.164. The fourth-order valence-electron chi connectivity index (χ4n) is 4.23. The molecule has 2 aromatic rings. The van der Waals surface area contributed by atoms with Crippen LogP contribution < -0.4 is 4.74 Å². The first-order valence-electron chi connectivity index (χ1n) is 11.1. The number of alkyl halides is 3. The van der Waals surface area contributed by atoms with E-state index in [4.69, 9.17) is 0 Å². The lowest BCUT2D eigenvalue weighted by Crippen LogP contribution is -2.19. The van der Waals surface area contributed by atoms with Crippen LogP contribution in [0, 0.1) is 29.3 Å². The zero-order valence-corrected chi connectivity index (χ0v) is 19.0. The molecule has 3 rings (SSSR count). The van der Waals surface area contributed by atoms with Crippen LogP contribution >= 0.6 is 0 Å². The van der Waals surface area contributed by atoms with Gasteiger partial charge >= 0.3 is 6.36 Å². The quantitative estimate of drug-likeness (QED) is 0.296. The molecule has 34 heavy (non-hydrogen) atoms. The lowest BCUT2D eigenvalue weighted by molar-refractivity contribution is -0.276. The Morgan fingerprint density at radius 2 is 1.56 bits per heavy atom. The molecule has 0 aromatic heterocycles. The van der Waals surface area contributed by atoms with Crippen molar-refractivity contribution in [3.05, 3.63) is 83.7 Å². The maximum Gasteiger partial charge on any atom is 0.573 e. The Hall–Kier alpha value is -2.96. The molecule has 0 saturated heterocycles. The van der Waals surface area contributed by atoms with Crippen molar-refractivity contribution in [3.63, 3.8) is 0 Å². The summed E-state index contributed by atoms with van der Waals surface area (Å²) in [5, 5.41) is 0. The number of ether oxygens (including phenoxy) is 1. The number of hydrogen-bond acceptors (Lipinski definition) is 1. The molecule has 7 heteroatoms. The van der Waals surface area contributed by atoms with E-state index in [1.54, 1.807) is 6.07 Å². The third-order valence-corrected chi connectivity index (χ3v) is 6.16. The molecule has 0 heterocycles. The summed E-state index contributed by atoms with van der Waals surface area (Å²) >= 11 is 0. The molecule has 1 aliphatic carbocycles. The minimum Gasteiger partial charge on any atom is -0.399 e. The molecule has 0 aliphatic heterocycles. The molecule has 0 unspecified atom stereocenters. The second-order valence-electron chi connectivity index (χ2n) is 8.62. The van der Waals surface area contributed by atoms with Gasteiger partial charge in [0, 0.05) is 5.56 Å². The van der Waals surface area contributed by atoms with E-state index in [1.165, 1.54) is 30.5 Å². The number of rotatable bonds is 6. The maximum atomic E-state index is 14.8. The minimum atomic E-state index is -5.26. The summed E-state index contributed by atoms with van der Waals surface area (Å²) in [5.74, 6) is -4.32. The van der Waals surface area contributed by atoms with E-state index in [9.17, 15) is 26.3 Å². The summed E-state index contributed by atoms with van der Waals surface area (Å²) in [6, 6.07) is 5.22. The van der Waals surface area contributed by atoms with Crippen molar-refractivity contribution in [3.8, 4) is 16.9 Å². The predicted octanol–water partition coefficient (Wildman–Crippen LogP) is 9.01. The van der Waals surface area contributed by atoms with Gasteiger partial charge in [-0.05, 0) is 72.1 Å². The van der Waals surface area contributed by atoms with E-state index in [0.29, 0.717) is 29.2 Å². The fraction of sp³-hybridized carbons (Fsp3) is 0.333. The van der Waals surface area contributed by atoms with Crippen LogP contribution in [0.1, 0.15) is 45.1 Å². The molecule has 1 fully saturated rings. The molecule has 0 amide bonds. The van der Waals surface area contributed by atoms with Gasteiger partial charge in [0.05, 0.1) is 0 Å². The summed E-state index contributed by atoms with van der Waals surface area (Å²) in [6.45, 7) is 8.23. The first-order chi connectivity index (χ1) is 16.0. The molecule has 0 atom stereocenters. The largest absolute Gasteiger partial charge is 0.573 e. The first kappa shape index (κ1) is 25.7. The van der Waals surface area contributed by atoms with Crippen LogP contribution in [0.5, 0.6) is 5.75 Å². The van der Waals surface area contributed by atoms with E-state index in [0.717, 1.165) is 18.8 Å². The molecule has 0 N–H and O–H groups in total. The topological polar surface area (TPSA) is 9.23 Å². The third kappa shape index (κ3) is 6.33. The molecule has 0 spiro atoms. The fourth-order valence-corrected chi connectivity index (χ4v) is 4.23. The smallest absolute Gasteiger partial charge is 0.399 e. The van der Waals surface area contributed by atoms with Crippen molar-refractivity contribution >= 4 is 5.57 Å². The summed E-state index contributed by atoms with van der Waals surface area (Å²) in [6.07, 6.45) is 5.24. The first-order valence-corrected chi connectivity index (χ1v) is 11.1. The van der Waals surface area contributed by atoms with Gasteiger partial charge in [-0.15, -0.1) is 13.2 Å². The zero-order valence-electron chi connectivity index (χ0n) is 19.0. The Labute approximate surface area is 195 Å². The average Bonchev–Trinajstić information content (AvgIpc) is 2.76. The van der Waals surface area contributed by atoms with Gasteiger partial charge in [-0.25, -0.2) is 13.2 Å². The van der Waals surface area contributed by atoms with Crippen molar-refractivity contribution in [2.24, 2.45) is 11.8 Å². The normalized spacial score (nSPS) is 19.5. The van der Waals surface area contributed by atoms with Crippen LogP contribution in [-0.2, 0) is 0 Å². The van der Waals surface area contributed by atoms with Gasteiger partial charge in [-0.2, -0.15) is 0 Å². The molecule has 1 saturated carbocycles. The maximum absolute atomic E-state index is 14.8. The standard InChI is InChI=1S/C27H26F6O/c1-4-18(19-8-5-16(2)6-9-19)10-7-17(3)20-11-12-22(23(28)13-20)21-14-24(29)26(25(30)15-21)34-27(31,32)33/h4,7,10-16,19H,3,5-6,8-9H2,1-2H3/b10-7-,18-4+. The molecule has 0 bridgehead atoms. The third-order valence-electron chi connectivity index (χ3n) is 6.16. The summed E-state index contributed by atoms with van der Waals surface area (Å²) in [7, 11) is 0. The second kappa shape index (κ2) is 10.5. The van der Waals surface area contributed by atoms with Crippen LogP contribution in [-0.4, -0.2) is 6.36 Å².